The molecule has 0 saturated carbocycles. The maximum atomic E-state index is 10.6. The quantitative estimate of drug-likeness (QED) is 0.589. The Balaban J connectivity index is 2.99. The molecule has 1 aromatic carbocycles. The Hall–Kier alpha value is -1.76. The van der Waals surface area contributed by atoms with E-state index in [1.165, 1.54) is 6.21 Å². The van der Waals surface area contributed by atoms with Gasteiger partial charge in [0.1, 0.15) is 0 Å². The van der Waals surface area contributed by atoms with Crippen molar-refractivity contribution in [1.29, 1.82) is 0 Å². The van der Waals surface area contributed by atoms with Crippen LogP contribution in [0.5, 0.6) is 11.5 Å². The van der Waals surface area contributed by atoms with Crippen LogP contribution >= 0.6 is 15.9 Å². The molecule has 20 heavy (non-hydrogen) atoms. The number of hydrogen-bond donors (Lipinski definition) is 2. The number of carbonyl (C=O) groups is 1. The SMILES string of the molecule is CCCOc1cc(Br)c(/C=N/NC(N)=O)cc1OCC. The second-order valence-electron chi connectivity index (χ2n) is 3.84. The first kappa shape index (κ1) is 16.3. The van der Waals surface area contributed by atoms with Crippen molar-refractivity contribution in [2.24, 2.45) is 10.8 Å². The number of nitrogens with two attached hydrogens (primary N) is 1. The minimum absolute atomic E-state index is 0.528. The van der Waals surface area contributed by atoms with Gasteiger partial charge in [-0.25, -0.2) is 10.2 Å². The molecule has 0 aliphatic rings. The Morgan fingerprint density at radius 3 is 2.70 bits per heavy atom. The third-order valence-electron chi connectivity index (χ3n) is 2.20. The van der Waals surface area contributed by atoms with Crippen LogP contribution in [0.1, 0.15) is 25.8 Å². The molecule has 0 spiro atoms. The largest absolute Gasteiger partial charge is 0.490 e. The first-order chi connectivity index (χ1) is 9.58. The highest BCUT2D eigenvalue weighted by molar-refractivity contribution is 9.10. The summed E-state index contributed by atoms with van der Waals surface area (Å²) in [4.78, 5) is 10.6. The molecule has 0 atom stereocenters. The molecule has 0 bridgehead atoms. The normalized spacial score (nSPS) is 10.6. The summed E-state index contributed by atoms with van der Waals surface area (Å²) in [6, 6.07) is 2.88. The number of ether oxygens (including phenoxy) is 2. The lowest BCUT2D eigenvalue weighted by Gasteiger charge is -2.13. The van der Waals surface area contributed by atoms with Gasteiger partial charge in [-0.1, -0.05) is 6.92 Å². The van der Waals surface area contributed by atoms with Gasteiger partial charge in [-0.15, -0.1) is 0 Å². The summed E-state index contributed by atoms with van der Waals surface area (Å²) in [6.45, 7) is 5.07. The van der Waals surface area contributed by atoms with E-state index in [0.717, 1.165) is 16.5 Å². The molecule has 0 aliphatic heterocycles. The van der Waals surface area contributed by atoms with Gasteiger partial charge in [0.25, 0.3) is 0 Å². The van der Waals surface area contributed by atoms with E-state index < -0.39 is 6.03 Å². The summed E-state index contributed by atoms with van der Waals surface area (Å²) in [5.74, 6) is 1.30. The average molecular weight is 344 g/mol. The number of nitrogens with one attached hydrogen (secondary N) is 1. The van der Waals surface area contributed by atoms with E-state index in [9.17, 15) is 4.79 Å². The first-order valence-electron chi connectivity index (χ1n) is 6.26. The first-order valence-corrected chi connectivity index (χ1v) is 7.05. The number of primary amides is 1. The van der Waals surface area contributed by atoms with Crippen molar-refractivity contribution < 1.29 is 14.3 Å². The number of hydrogen-bond acceptors (Lipinski definition) is 4. The zero-order chi connectivity index (χ0) is 15.0. The fourth-order valence-electron chi connectivity index (χ4n) is 1.41. The lowest BCUT2D eigenvalue weighted by molar-refractivity contribution is 0.249. The molecule has 0 aliphatic carbocycles. The highest BCUT2D eigenvalue weighted by atomic mass is 79.9. The maximum Gasteiger partial charge on any atom is 0.332 e. The van der Waals surface area contributed by atoms with Crippen LogP contribution in [0.2, 0.25) is 0 Å². The van der Waals surface area contributed by atoms with E-state index in [1.807, 2.05) is 19.9 Å². The van der Waals surface area contributed by atoms with Gasteiger partial charge in [0.15, 0.2) is 11.5 Å². The van der Waals surface area contributed by atoms with E-state index in [2.05, 4.69) is 26.5 Å². The van der Waals surface area contributed by atoms with Crippen LogP contribution in [0.4, 0.5) is 4.79 Å². The minimum Gasteiger partial charge on any atom is -0.490 e. The monoisotopic (exact) mass is 343 g/mol. The van der Waals surface area contributed by atoms with E-state index >= 15 is 0 Å². The average Bonchev–Trinajstić information content (AvgIpc) is 2.40. The van der Waals surface area contributed by atoms with Crippen molar-refractivity contribution in [2.45, 2.75) is 20.3 Å². The van der Waals surface area contributed by atoms with Gasteiger partial charge >= 0.3 is 6.03 Å². The summed E-state index contributed by atoms with van der Waals surface area (Å²) in [7, 11) is 0. The Kier molecular flexibility index (Phi) is 6.86. The molecule has 3 N–H and O–H groups in total. The Bertz CT molecular complexity index is 492. The number of urea groups is 1. The molecule has 1 rings (SSSR count). The standard InChI is InChI=1S/C13H18BrN3O3/c1-3-5-20-12-7-10(14)9(6-11(12)19-4-2)8-16-17-13(15)18/h6-8H,3-5H2,1-2H3,(H3,15,17,18)/b16-8+. The molecule has 0 heterocycles. The van der Waals surface area contributed by atoms with Gasteiger partial charge in [-0.3, -0.25) is 0 Å². The number of hydrazone groups is 1. The highest BCUT2D eigenvalue weighted by Gasteiger charge is 2.09. The van der Waals surface area contributed by atoms with Gasteiger partial charge < -0.3 is 15.2 Å². The Morgan fingerprint density at radius 1 is 1.40 bits per heavy atom. The van der Waals surface area contributed by atoms with E-state index in [0.29, 0.717) is 24.7 Å². The van der Waals surface area contributed by atoms with Gasteiger partial charge in [-0.2, -0.15) is 5.10 Å². The lowest BCUT2D eigenvalue weighted by Crippen LogP contribution is -2.24. The van der Waals surface area contributed by atoms with Crippen molar-refractivity contribution in [1.82, 2.24) is 5.43 Å². The van der Waals surface area contributed by atoms with Gasteiger partial charge in [0.05, 0.1) is 19.4 Å². The summed E-state index contributed by atoms with van der Waals surface area (Å²) in [5, 5.41) is 3.72. The summed E-state index contributed by atoms with van der Waals surface area (Å²) in [6.07, 6.45) is 2.38. The second kappa shape index (κ2) is 8.42. The van der Waals surface area contributed by atoms with Crippen molar-refractivity contribution in [3.05, 3.63) is 22.2 Å². The topological polar surface area (TPSA) is 85.9 Å². The summed E-state index contributed by atoms with van der Waals surface area (Å²) >= 11 is 3.42. The predicted molar refractivity (Wildman–Crippen MR) is 81.4 cm³/mol. The molecule has 0 aromatic heterocycles. The zero-order valence-electron chi connectivity index (χ0n) is 11.5. The smallest absolute Gasteiger partial charge is 0.332 e. The van der Waals surface area contributed by atoms with Crippen LogP contribution in [-0.4, -0.2) is 25.5 Å². The second-order valence-corrected chi connectivity index (χ2v) is 4.69. The predicted octanol–water partition coefficient (Wildman–Crippen LogP) is 2.64. The number of benzene rings is 1. The molecule has 7 heteroatoms. The molecule has 2 amide bonds. The van der Waals surface area contributed by atoms with Crippen molar-refractivity contribution >= 4 is 28.2 Å². The van der Waals surface area contributed by atoms with Crippen molar-refractivity contribution in [2.75, 3.05) is 13.2 Å². The fraction of sp³-hybridized carbons (Fsp3) is 0.385. The van der Waals surface area contributed by atoms with E-state index in [-0.39, 0.29) is 0 Å². The van der Waals surface area contributed by atoms with Crippen LogP contribution in [-0.2, 0) is 0 Å². The molecule has 1 aromatic rings. The maximum absolute atomic E-state index is 10.6. The highest BCUT2D eigenvalue weighted by Crippen LogP contribution is 2.33. The van der Waals surface area contributed by atoms with E-state index in [4.69, 9.17) is 15.2 Å². The molecule has 0 unspecified atom stereocenters. The number of nitrogens with zero attached hydrogens (tertiary/aromatic N) is 1. The van der Waals surface area contributed by atoms with Crippen molar-refractivity contribution in [3.63, 3.8) is 0 Å². The molecule has 6 nitrogen and oxygen atoms in total. The van der Waals surface area contributed by atoms with Crippen LogP contribution in [0.3, 0.4) is 0 Å². The zero-order valence-corrected chi connectivity index (χ0v) is 13.1. The summed E-state index contributed by atoms with van der Waals surface area (Å²) in [5.41, 5.74) is 7.81. The Labute approximate surface area is 126 Å². The molecule has 110 valence electrons. The van der Waals surface area contributed by atoms with Gasteiger partial charge in [-0.05, 0) is 41.4 Å². The molecule has 0 radical (unpaired) electrons. The number of halogens is 1. The minimum atomic E-state index is -0.717. The van der Waals surface area contributed by atoms with Crippen molar-refractivity contribution in [3.8, 4) is 11.5 Å². The van der Waals surface area contributed by atoms with Crippen LogP contribution in [0, 0.1) is 0 Å². The molecule has 0 fully saturated rings. The van der Waals surface area contributed by atoms with Crippen LogP contribution < -0.4 is 20.6 Å². The Morgan fingerprint density at radius 2 is 2.10 bits per heavy atom. The summed E-state index contributed by atoms with van der Waals surface area (Å²) < 4.78 is 11.9. The number of amides is 2. The van der Waals surface area contributed by atoms with Gasteiger partial charge in [0.2, 0.25) is 0 Å². The number of rotatable bonds is 7. The van der Waals surface area contributed by atoms with Gasteiger partial charge in [0, 0.05) is 10.0 Å². The third-order valence-corrected chi connectivity index (χ3v) is 2.89. The molecular weight excluding hydrogens is 326 g/mol. The third kappa shape index (κ3) is 5.08. The number of carbonyl (C=O) groups excluding carboxylic acids is 1. The van der Waals surface area contributed by atoms with Crippen LogP contribution in [0.15, 0.2) is 21.7 Å². The molecular formula is C13H18BrN3O3. The fourth-order valence-corrected chi connectivity index (χ4v) is 1.83. The molecule has 0 saturated heterocycles. The van der Waals surface area contributed by atoms with Crippen LogP contribution in [0.25, 0.3) is 0 Å². The lowest BCUT2D eigenvalue weighted by atomic mass is 10.2. The van der Waals surface area contributed by atoms with E-state index in [1.54, 1.807) is 6.07 Å².